The number of piperidine rings is 1. The molecule has 0 saturated carbocycles. The highest BCUT2D eigenvalue weighted by Gasteiger charge is 2.12. The van der Waals surface area contributed by atoms with Gasteiger partial charge in [-0.25, -0.2) is 4.98 Å². The van der Waals surface area contributed by atoms with Crippen molar-refractivity contribution >= 4 is 28.3 Å². The highest BCUT2D eigenvalue weighted by atomic mass is 16.2. The summed E-state index contributed by atoms with van der Waals surface area (Å²) in [5, 5.41) is 7.40. The highest BCUT2D eigenvalue weighted by molar-refractivity contribution is 5.90. The Kier molecular flexibility index (Phi) is 5.10. The first-order valence-corrected chi connectivity index (χ1v) is 9.64. The fourth-order valence-electron chi connectivity index (χ4n) is 3.58. The van der Waals surface area contributed by atoms with Crippen molar-refractivity contribution in [3.8, 4) is 0 Å². The number of aromatic nitrogens is 4. The number of aryl methyl sites for hydroxylation is 2. The van der Waals surface area contributed by atoms with Crippen LogP contribution in [0.1, 0.15) is 25.7 Å². The average Bonchev–Trinajstić information content (AvgIpc) is 3.10. The standard InChI is InChI=1S/C20H24N6O2/c1-24-19-17(13-22-24)20(28)26(14-21-19)12-9-18(27)23-15-5-7-16(8-6-15)25-10-3-2-4-11-25/h5-8,13-14H,2-4,9-12H2,1H3,(H,23,27). The number of carbonyl (C=O) groups excluding carboxylic acids is 1. The number of nitrogens with one attached hydrogen (secondary N) is 1. The zero-order chi connectivity index (χ0) is 19.5. The highest BCUT2D eigenvalue weighted by Crippen LogP contribution is 2.21. The van der Waals surface area contributed by atoms with E-state index in [1.807, 2.05) is 24.3 Å². The second kappa shape index (κ2) is 7.84. The van der Waals surface area contributed by atoms with E-state index in [2.05, 4.69) is 20.3 Å². The van der Waals surface area contributed by atoms with Crippen molar-refractivity contribution in [3.05, 3.63) is 47.1 Å². The van der Waals surface area contributed by atoms with E-state index in [-0.39, 0.29) is 24.4 Å². The molecule has 3 aromatic rings. The van der Waals surface area contributed by atoms with Crippen molar-refractivity contribution in [1.29, 1.82) is 0 Å². The minimum absolute atomic E-state index is 0.135. The van der Waals surface area contributed by atoms with E-state index >= 15 is 0 Å². The normalized spacial score (nSPS) is 14.4. The summed E-state index contributed by atoms with van der Waals surface area (Å²) in [4.78, 5) is 31.3. The lowest BCUT2D eigenvalue weighted by molar-refractivity contribution is -0.116. The summed E-state index contributed by atoms with van der Waals surface area (Å²) in [6.45, 7) is 2.46. The van der Waals surface area contributed by atoms with Gasteiger partial charge >= 0.3 is 0 Å². The number of benzene rings is 1. The molecule has 8 nitrogen and oxygen atoms in total. The van der Waals surface area contributed by atoms with E-state index < -0.39 is 0 Å². The van der Waals surface area contributed by atoms with E-state index in [0.29, 0.717) is 11.0 Å². The number of amides is 1. The topological polar surface area (TPSA) is 85.0 Å². The van der Waals surface area contributed by atoms with E-state index in [9.17, 15) is 9.59 Å². The van der Waals surface area contributed by atoms with Crippen LogP contribution in [0.4, 0.5) is 11.4 Å². The van der Waals surface area contributed by atoms with Crippen LogP contribution < -0.4 is 15.8 Å². The van der Waals surface area contributed by atoms with Gasteiger partial charge in [0.15, 0.2) is 5.65 Å². The molecule has 4 rings (SSSR count). The second-order valence-electron chi connectivity index (χ2n) is 7.14. The number of hydrogen-bond donors (Lipinski definition) is 1. The monoisotopic (exact) mass is 380 g/mol. The molecule has 0 unspecified atom stereocenters. The Bertz CT molecular complexity index is 1030. The molecule has 146 valence electrons. The maximum absolute atomic E-state index is 12.4. The number of anilines is 2. The van der Waals surface area contributed by atoms with E-state index in [4.69, 9.17) is 0 Å². The number of nitrogens with zero attached hydrogens (tertiary/aromatic N) is 5. The van der Waals surface area contributed by atoms with E-state index in [0.717, 1.165) is 18.8 Å². The molecule has 1 aromatic carbocycles. The zero-order valence-corrected chi connectivity index (χ0v) is 16.0. The summed E-state index contributed by atoms with van der Waals surface area (Å²) in [6, 6.07) is 7.95. The molecule has 2 aromatic heterocycles. The Morgan fingerprint density at radius 2 is 1.89 bits per heavy atom. The van der Waals surface area contributed by atoms with Crippen LogP contribution >= 0.6 is 0 Å². The van der Waals surface area contributed by atoms with Gasteiger partial charge < -0.3 is 10.2 Å². The molecule has 1 aliphatic rings. The molecule has 1 fully saturated rings. The third kappa shape index (κ3) is 3.76. The van der Waals surface area contributed by atoms with Gasteiger partial charge in [-0.2, -0.15) is 5.10 Å². The minimum Gasteiger partial charge on any atom is -0.372 e. The van der Waals surface area contributed by atoms with Crippen molar-refractivity contribution in [3.63, 3.8) is 0 Å². The Hall–Kier alpha value is -3.16. The fraction of sp³-hybridized carbons (Fsp3) is 0.400. The van der Waals surface area contributed by atoms with E-state index in [1.54, 1.807) is 11.7 Å². The summed E-state index contributed by atoms with van der Waals surface area (Å²) < 4.78 is 3.00. The summed E-state index contributed by atoms with van der Waals surface area (Å²) in [5.41, 5.74) is 2.32. The van der Waals surface area contributed by atoms with Gasteiger partial charge in [-0.3, -0.25) is 18.8 Å². The number of fused-ring (bicyclic) bond motifs is 1. The largest absolute Gasteiger partial charge is 0.372 e. The van der Waals surface area contributed by atoms with Crippen molar-refractivity contribution in [1.82, 2.24) is 19.3 Å². The van der Waals surface area contributed by atoms with Crippen LogP contribution in [0.3, 0.4) is 0 Å². The van der Waals surface area contributed by atoms with Crippen molar-refractivity contribution in [2.45, 2.75) is 32.2 Å². The van der Waals surface area contributed by atoms with E-state index in [1.165, 1.54) is 42.0 Å². The molecule has 1 N–H and O–H groups in total. The zero-order valence-electron chi connectivity index (χ0n) is 16.0. The smallest absolute Gasteiger partial charge is 0.264 e. The lowest BCUT2D eigenvalue weighted by Crippen LogP contribution is -2.29. The number of rotatable bonds is 5. The maximum atomic E-state index is 12.4. The quantitative estimate of drug-likeness (QED) is 0.733. The molecule has 3 heterocycles. The van der Waals surface area contributed by atoms with Crippen molar-refractivity contribution < 1.29 is 4.79 Å². The Morgan fingerprint density at radius 3 is 2.64 bits per heavy atom. The van der Waals surface area contributed by atoms with Crippen LogP contribution in [0, 0.1) is 0 Å². The Balaban J connectivity index is 1.35. The van der Waals surface area contributed by atoms with Crippen molar-refractivity contribution in [2.24, 2.45) is 7.05 Å². The first-order chi connectivity index (χ1) is 13.6. The molecule has 1 aliphatic heterocycles. The Labute approximate surface area is 162 Å². The summed E-state index contributed by atoms with van der Waals surface area (Å²) in [5.74, 6) is -0.135. The number of carbonyl (C=O) groups is 1. The molecule has 1 saturated heterocycles. The minimum atomic E-state index is -0.184. The molecular weight excluding hydrogens is 356 g/mol. The summed E-state index contributed by atoms with van der Waals surface area (Å²) in [7, 11) is 1.74. The summed E-state index contributed by atoms with van der Waals surface area (Å²) in [6.07, 6.45) is 6.94. The lowest BCUT2D eigenvalue weighted by Gasteiger charge is -2.28. The van der Waals surface area contributed by atoms with Gasteiger partial charge in [0.2, 0.25) is 5.91 Å². The molecule has 0 bridgehead atoms. The molecule has 0 radical (unpaired) electrons. The average molecular weight is 380 g/mol. The molecular formula is C20H24N6O2. The number of hydrogen-bond acceptors (Lipinski definition) is 5. The van der Waals surface area contributed by atoms with Gasteiger partial charge in [0.1, 0.15) is 5.39 Å². The molecule has 0 atom stereocenters. The van der Waals surface area contributed by atoms with Gasteiger partial charge in [0, 0.05) is 44.5 Å². The molecule has 28 heavy (non-hydrogen) atoms. The molecule has 0 aliphatic carbocycles. The molecule has 1 amide bonds. The Morgan fingerprint density at radius 1 is 1.14 bits per heavy atom. The molecule has 0 spiro atoms. The predicted molar refractivity (Wildman–Crippen MR) is 109 cm³/mol. The van der Waals surface area contributed by atoms with Crippen molar-refractivity contribution in [2.75, 3.05) is 23.3 Å². The van der Waals surface area contributed by atoms with Gasteiger partial charge in [0.05, 0.1) is 12.5 Å². The third-order valence-electron chi connectivity index (χ3n) is 5.17. The van der Waals surface area contributed by atoms with Crippen LogP contribution in [-0.4, -0.2) is 38.3 Å². The van der Waals surface area contributed by atoms with Gasteiger partial charge in [-0.15, -0.1) is 0 Å². The van der Waals surface area contributed by atoms with Gasteiger partial charge in [-0.1, -0.05) is 0 Å². The van der Waals surface area contributed by atoms with Crippen LogP contribution in [0.25, 0.3) is 11.0 Å². The maximum Gasteiger partial charge on any atom is 0.264 e. The fourth-order valence-corrected chi connectivity index (χ4v) is 3.58. The van der Waals surface area contributed by atoms with Crippen LogP contribution in [0.5, 0.6) is 0 Å². The third-order valence-corrected chi connectivity index (χ3v) is 5.17. The van der Waals surface area contributed by atoms with Gasteiger partial charge in [-0.05, 0) is 43.5 Å². The SMILES string of the molecule is Cn1ncc2c(=O)n(CCC(=O)Nc3ccc(N4CCCCC4)cc3)cnc21. The van der Waals surface area contributed by atoms with Crippen LogP contribution in [0.2, 0.25) is 0 Å². The first-order valence-electron chi connectivity index (χ1n) is 9.64. The molecule has 8 heteroatoms. The first kappa shape index (κ1) is 18.2. The second-order valence-corrected chi connectivity index (χ2v) is 7.14. The van der Waals surface area contributed by atoms with Gasteiger partial charge in [0.25, 0.3) is 5.56 Å². The predicted octanol–water partition coefficient (Wildman–Crippen LogP) is 2.15. The lowest BCUT2D eigenvalue weighted by atomic mass is 10.1. The van der Waals surface area contributed by atoms with Crippen LogP contribution in [-0.2, 0) is 18.4 Å². The summed E-state index contributed by atoms with van der Waals surface area (Å²) >= 11 is 0. The van der Waals surface area contributed by atoms with Crippen LogP contribution in [0.15, 0.2) is 41.6 Å².